The van der Waals surface area contributed by atoms with Crippen LogP contribution in [0.5, 0.6) is 5.75 Å². The van der Waals surface area contributed by atoms with Crippen molar-refractivity contribution in [1.29, 1.82) is 0 Å². The van der Waals surface area contributed by atoms with E-state index in [4.69, 9.17) is 4.74 Å². The molecule has 0 radical (unpaired) electrons. The molecule has 7 heteroatoms. The molecular formula is C25H31F3N2O2. The highest BCUT2D eigenvalue weighted by Gasteiger charge is 2.39. The normalized spacial score (nSPS) is 19.1. The molecule has 0 bridgehead atoms. The van der Waals surface area contributed by atoms with Crippen LogP contribution in [0, 0.1) is 5.92 Å². The van der Waals surface area contributed by atoms with Crippen molar-refractivity contribution >= 4 is 11.6 Å². The molecule has 1 heterocycles. The molecule has 0 saturated heterocycles. The molecule has 0 N–H and O–H groups in total. The number of amides is 1. The summed E-state index contributed by atoms with van der Waals surface area (Å²) in [5, 5.41) is 0. The number of carbonyl (C=O) groups is 1. The van der Waals surface area contributed by atoms with Crippen molar-refractivity contribution in [3.8, 4) is 5.75 Å². The lowest BCUT2D eigenvalue weighted by molar-refractivity contribution is -0.137. The first kappa shape index (κ1) is 24.1. The second kappa shape index (κ2) is 9.94. The summed E-state index contributed by atoms with van der Waals surface area (Å²) in [7, 11) is 5.42. The van der Waals surface area contributed by atoms with Gasteiger partial charge in [-0.05, 0) is 74.3 Å². The molecule has 0 fully saturated rings. The van der Waals surface area contributed by atoms with E-state index in [9.17, 15) is 18.0 Å². The predicted octanol–water partition coefficient (Wildman–Crippen LogP) is 5.36. The molecule has 4 nitrogen and oxygen atoms in total. The highest BCUT2D eigenvalue weighted by molar-refractivity contribution is 5.97. The van der Waals surface area contributed by atoms with E-state index in [0.29, 0.717) is 42.9 Å². The van der Waals surface area contributed by atoms with Crippen molar-refractivity contribution in [2.45, 2.75) is 38.3 Å². The molecule has 3 rings (SSSR count). The Balaban J connectivity index is 2.12. The van der Waals surface area contributed by atoms with Crippen molar-refractivity contribution in [2.24, 2.45) is 5.92 Å². The minimum Gasteiger partial charge on any atom is -0.497 e. The van der Waals surface area contributed by atoms with E-state index in [1.807, 2.05) is 50.2 Å². The van der Waals surface area contributed by atoms with Gasteiger partial charge in [0.15, 0.2) is 0 Å². The highest BCUT2D eigenvalue weighted by Crippen LogP contribution is 2.42. The first-order valence-electron chi connectivity index (χ1n) is 11.0. The highest BCUT2D eigenvalue weighted by atomic mass is 19.4. The van der Waals surface area contributed by atoms with E-state index in [1.165, 1.54) is 12.1 Å². The van der Waals surface area contributed by atoms with Crippen LogP contribution in [0.15, 0.2) is 42.5 Å². The Labute approximate surface area is 188 Å². The molecule has 1 aliphatic heterocycles. The molecule has 32 heavy (non-hydrogen) atoms. The maximum atomic E-state index is 13.8. The standard InChI is InChI=1S/C25H31F3N2O2/c1-5-6-21-22(17-7-10-20(32-4)11-8-17)16-18-15-19(25(26,27)28)9-12-23(18)30(24(21)31)14-13-29(2)3/h7-12,15,21-22H,5-6,13-14,16H2,1-4H3/t21-,22+/m1/s1. The number of carbonyl (C=O) groups excluding carboxylic acids is 1. The molecule has 0 saturated carbocycles. The Morgan fingerprint density at radius 2 is 1.81 bits per heavy atom. The van der Waals surface area contributed by atoms with Crippen molar-refractivity contribution in [2.75, 3.05) is 39.2 Å². The first-order valence-corrected chi connectivity index (χ1v) is 11.0. The second-order valence-electron chi connectivity index (χ2n) is 8.61. The van der Waals surface area contributed by atoms with Crippen molar-refractivity contribution in [3.63, 3.8) is 0 Å². The minimum atomic E-state index is -4.43. The summed E-state index contributed by atoms with van der Waals surface area (Å²) >= 11 is 0. The van der Waals surface area contributed by atoms with Gasteiger partial charge >= 0.3 is 6.18 Å². The third-order valence-electron chi connectivity index (χ3n) is 6.12. The first-order chi connectivity index (χ1) is 15.2. The van der Waals surface area contributed by atoms with Gasteiger partial charge in [-0.2, -0.15) is 13.2 Å². The lowest BCUT2D eigenvalue weighted by atomic mass is 9.79. The summed E-state index contributed by atoms with van der Waals surface area (Å²) < 4.78 is 45.7. The van der Waals surface area contributed by atoms with Gasteiger partial charge in [-0.25, -0.2) is 0 Å². The van der Waals surface area contributed by atoms with Crippen LogP contribution in [0.3, 0.4) is 0 Å². The van der Waals surface area contributed by atoms with E-state index >= 15 is 0 Å². The minimum absolute atomic E-state index is 0.0203. The Bertz CT molecular complexity index is 926. The van der Waals surface area contributed by atoms with Crippen molar-refractivity contribution < 1.29 is 22.7 Å². The van der Waals surface area contributed by atoms with Gasteiger partial charge in [0.05, 0.1) is 12.7 Å². The van der Waals surface area contributed by atoms with Crippen LogP contribution in [0.4, 0.5) is 18.9 Å². The maximum Gasteiger partial charge on any atom is 0.416 e. The maximum absolute atomic E-state index is 13.8. The molecule has 0 aliphatic carbocycles. The topological polar surface area (TPSA) is 32.8 Å². The third kappa shape index (κ3) is 5.26. The molecule has 0 unspecified atom stereocenters. The lowest BCUT2D eigenvalue weighted by Crippen LogP contribution is -2.41. The number of benzene rings is 2. The zero-order chi connectivity index (χ0) is 23.5. The summed E-state index contributed by atoms with van der Waals surface area (Å²) in [6, 6.07) is 11.3. The monoisotopic (exact) mass is 448 g/mol. The molecule has 2 aromatic carbocycles. The largest absolute Gasteiger partial charge is 0.497 e. The molecule has 174 valence electrons. The van der Waals surface area contributed by atoms with Crippen LogP contribution >= 0.6 is 0 Å². The van der Waals surface area contributed by atoms with Crippen LogP contribution in [0.1, 0.15) is 42.4 Å². The fourth-order valence-electron chi connectivity index (χ4n) is 4.43. The van der Waals surface area contributed by atoms with Gasteiger partial charge in [0.2, 0.25) is 5.91 Å². The Morgan fingerprint density at radius 1 is 1.12 bits per heavy atom. The molecule has 1 amide bonds. The van der Waals surface area contributed by atoms with Gasteiger partial charge in [0, 0.05) is 24.7 Å². The summed E-state index contributed by atoms with van der Waals surface area (Å²) in [4.78, 5) is 17.4. The number of nitrogens with zero attached hydrogens (tertiary/aromatic N) is 2. The van der Waals surface area contributed by atoms with E-state index in [0.717, 1.165) is 18.1 Å². The number of fused-ring (bicyclic) bond motifs is 1. The second-order valence-corrected chi connectivity index (χ2v) is 8.61. The van der Waals surface area contributed by atoms with E-state index in [1.54, 1.807) is 12.0 Å². The van der Waals surface area contributed by atoms with Crippen LogP contribution in [0.25, 0.3) is 0 Å². The number of likely N-dealkylation sites (N-methyl/N-ethyl adjacent to an activating group) is 1. The predicted molar refractivity (Wildman–Crippen MR) is 120 cm³/mol. The number of hydrogen-bond donors (Lipinski definition) is 0. The number of methoxy groups -OCH3 is 1. The van der Waals surface area contributed by atoms with E-state index < -0.39 is 11.7 Å². The average molecular weight is 449 g/mol. The van der Waals surface area contributed by atoms with E-state index in [2.05, 4.69) is 0 Å². The number of anilines is 1. The summed E-state index contributed by atoms with van der Waals surface area (Å²) in [5.74, 6) is 0.165. The molecule has 1 aliphatic rings. The molecule has 2 aromatic rings. The molecule has 2 atom stereocenters. The summed E-state index contributed by atoms with van der Waals surface area (Å²) in [6.45, 7) is 3.08. The fraction of sp³-hybridized carbons (Fsp3) is 0.480. The smallest absolute Gasteiger partial charge is 0.416 e. The molecule has 0 aromatic heterocycles. The number of rotatable bonds is 7. The fourth-order valence-corrected chi connectivity index (χ4v) is 4.43. The summed E-state index contributed by atoms with van der Waals surface area (Å²) in [5.41, 5.74) is 1.41. The number of hydrogen-bond acceptors (Lipinski definition) is 3. The summed E-state index contributed by atoms with van der Waals surface area (Å²) in [6.07, 6.45) is -2.57. The van der Waals surface area contributed by atoms with Gasteiger partial charge in [-0.3, -0.25) is 4.79 Å². The van der Waals surface area contributed by atoms with Crippen LogP contribution in [-0.4, -0.2) is 45.1 Å². The van der Waals surface area contributed by atoms with Crippen LogP contribution in [0.2, 0.25) is 0 Å². The Kier molecular flexibility index (Phi) is 7.49. The van der Waals surface area contributed by atoms with Crippen LogP contribution in [-0.2, 0) is 17.4 Å². The third-order valence-corrected chi connectivity index (χ3v) is 6.12. The van der Waals surface area contributed by atoms with Gasteiger partial charge in [0.25, 0.3) is 0 Å². The number of ether oxygens (including phenoxy) is 1. The SMILES string of the molecule is CCC[C@H]1C(=O)N(CCN(C)C)c2ccc(C(F)(F)F)cc2C[C@H]1c1ccc(OC)cc1. The zero-order valence-corrected chi connectivity index (χ0v) is 19.1. The molecule has 0 spiro atoms. The van der Waals surface area contributed by atoms with Crippen molar-refractivity contribution in [3.05, 3.63) is 59.2 Å². The quantitative estimate of drug-likeness (QED) is 0.571. The van der Waals surface area contributed by atoms with Gasteiger partial charge in [-0.15, -0.1) is 0 Å². The van der Waals surface area contributed by atoms with Gasteiger partial charge < -0.3 is 14.5 Å². The molecular weight excluding hydrogens is 417 g/mol. The van der Waals surface area contributed by atoms with E-state index in [-0.39, 0.29) is 17.7 Å². The Morgan fingerprint density at radius 3 is 2.38 bits per heavy atom. The average Bonchev–Trinajstić information content (AvgIpc) is 2.86. The lowest BCUT2D eigenvalue weighted by Gasteiger charge is -2.29. The van der Waals surface area contributed by atoms with Gasteiger partial charge in [-0.1, -0.05) is 25.5 Å². The van der Waals surface area contributed by atoms with Crippen LogP contribution < -0.4 is 9.64 Å². The number of alkyl halides is 3. The van der Waals surface area contributed by atoms with Crippen molar-refractivity contribution in [1.82, 2.24) is 4.90 Å². The Hall–Kier alpha value is -2.54. The van der Waals surface area contributed by atoms with Gasteiger partial charge in [0.1, 0.15) is 5.75 Å². The number of halogens is 3. The zero-order valence-electron chi connectivity index (χ0n) is 19.1.